The molecule has 3 rings (SSSR count). The van der Waals surface area contributed by atoms with Crippen LogP contribution in [0.5, 0.6) is 5.88 Å². The van der Waals surface area contributed by atoms with Gasteiger partial charge in [0.1, 0.15) is 0 Å². The van der Waals surface area contributed by atoms with E-state index >= 15 is 0 Å². The van der Waals surface area contributed by atoms with Gasteiger partial charge in [-0.3, -0.25) is 9.59 Å². The summed E-state index contributed by atoms with van der Waals surface area (Å²) in [7, 11) is 3.23. The second-order valence-corrected chi connectivity index (χ2v) is 5.81. The summed E-state index contributed by atoms with van der Waals surface area (Å²) in [5.74, 6) is -0.898. The Hall–Kier alpha value is -2.63. The summed E-state index contributed by atoms with van der Waals surface area (Å²) in [4.78, 5) is 29.7. The van der Waals surface area contributed by atoms with Crippen LogP contribution < -0.4 is 4.74 Å². The van der Waals surface area contributed by atoms with E-state index in [-0.39, 0.29) is 17.9 Å². The predicted molar refractivity (Wildman–Crippen MR) is 84.5 cm³/mol. The van der Waals surface area contributed by atoms with Crippen LogP contribution in [0.15, 0.2) is 30.3 Å². The number of aromatic nitrogens is 1. The smallest absolute Gasteiger partial charge is 0.306 e. The number of benzene rings is 1. The summed E-state index contributed by atoms with van der Waals surface area (Å²) >= 11 is 0. The van der Waals surface area contributed by atoms with Crippen LogP contribution in [0.2, 0.25) is 0 Å². The molecule has 6 heteroatoms. The maximum Gasteiger partial charge on any atom is 0.306 e. The standard InChI is InChI=1S/C17H18N2O4/c1-19(11-7-10(8-11)17(21)22)16(20)13-9-15(23-2)18-14-6-4-3-5-12(13)14/h3-6,9-11H,7-8H2,1-2H3,(H,21,22). The van der Waals surface area contributed by atoms with Crippen LogP contribution in [0.1, 0.15) is 23.2 Å². The normalized spacial score (nSPS) is 19.9. The third-order valence-corrected chi connectivity index (χ3v) is 4.46. The molecule has 1 aromatic heterocycles. The fourth-order valence-electron chi connectivity index (χ4n) is 2.89. The molecule has 1 aliphatic carbocycles. The summed E-state index contributed by atoms with van der Waals surface area (Å²) in [6.45, 7) is 0. The molecule has 0 spiro atoms. The molecule has 23 heavy (non-hydrogen) atoms. The van der Waals surface area contributed by atoms with Gasteiger partial charge in [0.25, 0.3) is 5.91 Å². The number of carboxylic acid groups (broad SMARTS) is 1. The molecule has 120 valence electrons. The van der Waals surface area contributed by atoms with E-state index in [4.69, 9.17) is 9.84 Å². The molecule has 0 saturated heterocycles. The Labute approximate surface area is 133 Å². The molecule has 1 aliphatic rings. The molecular weight excluding hydrogens is 296 g/mol. The SMILES string of the molecule is COc1cc(C(=O)N(C)C2CC(C(=O)O)C2)c2ccccc2n1. The topological polar surface area (TPSA) is 79.7 Å². The average Bonchev–Trinajstić information content (AvgIpc) is 2.51. The van der Waals surface area contributed by atoms with Gasteiger partial charge < -0.3 is 14.7 Å². The Morgan fingerprint density at radius 2 is 2.00 bits per heavy atom. The molecule has 2 aromatic rings. The lowest BCUT2D eigenvalue weighted by atomic mass is 9.79. The third-order valence-electron chi connectivity index (χ3n) is 4.46. The van der Waals surface area contributed by atoms with Crippen LogP contribution in [0.25, 0.3) is 10.9 Å². The van der Waals surface area contributed by atoms with Gasteiger partial charge in [0, 0.05) is 24.5 Å². The maximum atomic E-state index is 12.8. The largest absolute Gasteiger partial charge is 0.481 e. The summed E-state index contributed by atoms with van der Waals surface area (Å²) in [5, 5.41) is 9.73. The van der Waals surface area contributed by atoms with E-state index in [0.29, 0.717) is 29.8 Å². The number of fused-ring (bicyclic) bond motifs is 1. The van der Waals surface area contributed by atoms with Gasteiger partial charge in [-0.15, -0.1) is 0 Å². The first-order valence-corrected chi connectivity index (χ1v) is 7.45. The van der Waals surface area contributed by atoms with Crippen LogP contribution in [-0.2, 0) is 4.79 Å². The Bertz CT molecular complexity index is 768. The Morgan fingerprint density at radius 3 is 2.65 bits per heavy atom. The summed E-state index contributed by atoms with van der Waals surface area (Å²) in [5.41, 5.74) is 1.22. The van der Waals surface area contributed by atoms with Gasteiger partial charge >= 0.3 is 5.97 Å². The molecule has 0 aliphatic heterocycles. The number of aliphatic carboxylic acids is 1. The number of hydrogen-bond donors (Lipinski definition) is 1. The van der Waals surface area contributed by atoms with Crippen molar-refractivity contribution in [2.45, 2.75) is 18.9 Å². The first kappa shape index (κ1) is 15.3. The highest BCUT2D eigenvalue weighted by Gasteiger charge is 2.38. The van der Waals surface area contributed by atoms with Gasteiger partial charge in [0.15, 0.2) is 0 Å². The molecular formula is C17H18N2O4. The molecule has 6 nitrogen and oxygen atoms in total. The van der Waals surface area contributed by atoms with Crippen molar-refractivity contribution >= 4 is 22.8 Å². The Kier molecular flexibility index (Phi) is 3.90. The second kappa shape index (κ2) is 5.87. The van der Waals surface area contributed by atoms with Crippen LogP contribution in [0, 0.1) is 5.92 Å². The fourth-order valence-corrected chi connectivity index (χ4v) is 2.89. The number of nitrogens with zero attached hydrogens (tertiary/aromatic N) is 2. The molecule has 0 unspecified atom stereocenters. The van der Waals surface area contributed by atoms with E-state index in [0.717, 1.165) is 5.39 Å². The number of rotatable bonds is 4. The first-order valence-electron chi connectivity index (χ1n) is 7.45. The number of methoxy groups -OCH3 is 1. The van der Waals surface area contributed by atoms with Crippen molar-refractivity contribution in [1.29, 1.82) is 0 Å². The maximum absolute atomic E-state index is 12.8. The molecule has 0 radical (unpaired) electrons. The number of hydrogen-bond acceptors (Lipinski definition) is 4. The fraction of sp³-hybridized carbons (Fsp3) is 0.353. The summed E-state index contributed by atoms with van der Waals surface area (Å²) in [6, 6.07) is 8.99. The highest BCUT2D eigenvalue weighted by atomic mass is 16.5. The molecule has 1 N–H and O–H groups in total. The van der Waals surface area contributed by atoms with Crippen LogP contribution in [-0.4, -0.2) is 47.1 Å². The zero-order chi connectivity index (χ0) is 16.6. The van der Waals surface area contributed by atoms with Crippen molar-refractivity contribution in [2.75, 3.05) is 14.2 Å². The van der Waals surface area contributed by atoms with Crippen molar-refractivity contribution in [1.82, 2.24) is 9.88 Å². The van der Waals surface area contributed by atoms with Gasteiger partial charge in [-0.25, -0.2) is 4.98 Å². The molecule has 0 bridgehead atoms. The lowest BCUT2D eigenvalue weighted by Crippen LogP contribution is -2.47. The minimum atomic E-state index is -0.793. The third kappa shape index (κ3) is 2.72. The van der Waals surface area contributed by atoms with Crippen LogP contribution in [0.3, 0.4) is 0 Å². The number of amides is 1. The number of carbonyl (C=O) groups is 2. The number of carboxylic acids is 1. The van der Waals surface area contributed by atoms with Crippen molar-refractivity contribution in [2.24, 2.45) is 5.92 Å². The zero-order valence-corrected chi connectivity index (χ0v) is 13.0. The van der Waals surface area contributed by atoms with Crippen LogP contribution >= 0.6 is 0 Å². The van der Waals surface area contributed by atoms with Gasteiger partial charge in [-0.05, 0) is 18.9 Å². The van der Waals surface area contributed by atoms with E-state index in [1.165, 1.54) is 7.11 Å². The predicted octanol–water partition coefficient (Wildman–Crippen LogP) is 2.18. The van der Waals surface area contributed by atoms with E-state index in [2.05, 4.69) is 4.98 Å². The molecule has 0 atom stereocenters. The Morgan fingerprint density at radius 1 is 1.30 bits per heavy atom. The lowest BCUT2D eigenvalue weighted by Gasteiger charge is -2.39. The monoisotopic (exact) mass is 314 g/mol. The van der Waals surface area contributed by atoms with E-state index in [1.807, 2.05) is 24.3 Å². The van der Waals surface area contributed by atoms with E-state index < -0.39 is 5.97 Å². The zero-order valence-electron chi connectivity index (χ0n) is 13.0. The number of carbonyl (C=O) groups excluding carboxylic acids is 1. The summed E-state index contributed by atoms with van der Waals surface area (Å²) in [6.07, 6.45) is 0.995. The second-order valence-electron chi connectivity index (χ2n) is 5.81. The van der Waals surface area contributed by atoms with E-state index in [1.54, 1.807) is 18.0 Å². The van der Waals surface area contributed by atoms with Gasteiger partial charge in [-0.2, -0.15) is 0 Å². The number of ether oxygens (including phenoxy) is 1. The van der Waals surface area contributed by atoms with Crippen molar-refractivity contribution in [3.63, 3.8) is 0 Å². The molecule has 1 amide bonds. The number of pyridine rings is 1. The van der Waals surface area contributed by atoms with E-state index in [9.17, 15) is 9.59 Å². The minimum Gasteiger partial charge on any atom is -0.481 e. The highest BCUT2D eigenvalue weighted by molar-refractivity contribution is 6.06. The summed E-state index contributed by atoms with van der Waals surface area (Å²) < 4.78 is 5.18. The lowest BCUT2D eigenvalue weighted by molar-refractivity contribution is -0.146. The van der Waals surface area contributed by atoms with Crippen LogP contribution in [0.4, 0.5) is 0 Å². The highest BCUT2D eigenvalue weighted by Crippen LogP contribution is 2.33. The molecule has 1 aromatic carbocycles. The quantitative estimate of drug-likeness (QED) is 0.935. The Balaban J connectivity index is 1.90. The molecule has 1 fully saturated rings. The van der Waals surface area contributed by atoms with Gasteiger partial charge in [-0.1, -0.05) is 18.2 Å². The molecule has 1 heterocycles. The minimum absolute atomic E-state index is 0.0403. The average molecular weight is 314 g/mol. The van der Waals surface area contributed by atoms with Crippen molar-refractivity contribution in [3.8, 4) is 5.88 Å². The van der Waals surface area contributed by atoms with Gasteiger partial charge in [0.2, 0.25) is 5.88 Å². The van der Waals surface area contributed by atoms with Gasteiger partial charge in [0.05, 0.1) is 24.1 Å². The number of para-hydroxylation sites is 1. The first-order chi connectivity index (χ1) is 11.0. The van der Waals surface area contributed by atoms with Crippen molar-refractivity contribution < 1.29 is 19.4 Å². The molecule has 1 saturated carbocycles. The van der Waals surface area contributed by atoms with Crippen molar-refractivity contribution in [3.05, 3.63) is 35.9 Å².